The Kier molecular flexibility index (Phi) is 5.28. The molecule has 1 amide bonds. The van der Waals surface area contributed by atoms with E-state index in [1.165, 1.54) is 11.8 Å². The summed E-state index contributed by atoms with van der Waals surface area (Å²) < 4.78 is 7.07. The van der Waals surface area contributed by atoms with E-state index >= 15 is 0 Å². The SMILES string of the molecule is COc1cccc(NC(=O)[C@H](C)Sc2nc3cc(Cl)ccc3s2)c1. The van der Waals surface area contributed by atoms with Crippen LogP contribution in [0.2, 0.25) is 5.02 Å². The smallest absolute Gasteiger partial charge is 0.237 e. The van der Waals surface area contributed by atoms with Gasteiger partial charge in [0.1, 0.15) is 5.75 Å². The number of rotatable bonds is 5. The van der Waals surface area contributed by atoms with Crippen molar-refractivity contribution in [3.8, 4) is 5.75 Å². The molecule has 24 heavy (non-hydrogen) atoms. The first kappa shape index (κ1) is 17.1. The Balaban J connectivity index is 1.68. The molecule has 0 fully saturated rings. The largest absolute Gasteiger partial charge is 0.497 e. The standard InChI is InChI=1S/C17H15ClN2O2S2/c1-10(16(21)19-12-4-3-5-13(9-12)22-2)23-17-20-14-8-11(18)6-7-15(14)24-17/h3-10H,1-2H3,(H,19,21)/t10-/m0/s1. The first-order valence-electron chi connectivity index (χ1n) is 7.23. The average Bonchev–Trinajstić information content (AvgIpc) is 2.96. The summed E-state index contributed by atoms with van der Waals surface area (Å²) >= 11 is 8.97. The number of fused-ring (bicyclic) bond motifs is 1. The fraction of sp³-hybridized carbons (Fsp3) is 0.176. The number of ether oxygens (including phenoxy) is 1. The summed E-state index contributed by atoms with van der Waals surface area (Å²) in [5, 5.41) is 3.28. The first-order valence-corrected chi connectivity index (χ1v) is 9.30. The summed E-state index contributed by atoms with van der Waals surface area (Å²) in [6.45, 7) is 1.86. The maximum Gasteiger partial charge on any atom is 0.237 e. The highest BCUT2D eigenvalue weighted by Crippen LogP contribution is 2.33. The third kappa shape index (κ3) is 4.01. The van der Waals surface area contributed by atoms with Gasteiger partial charge in [0.2, 0.25) is 5.91 Å². The summed E-state index contributed by atoms with van der Waals surface area (Å²) in [4.78, 5) is 16.9. The lowest BCUT2D eigenvalue weighted by atomic mass is 10.3. The van der Waals surface area contributed by atoms with Crippen molar-refractivity contribution >= 4 is 56.5 Å². The van der Waals surface area contributed by atoms with Gasteiger partial charge in [0.05, 0.1) is 22.6 Å². The number of carbonyl (C=O) groups is 1. The number of hydrogen-bond acceptors (Lipinski definition) is 5. The highest BCUT2D eigenvalue weighted by atomic mass is 35.5. The Labute approximate surface area is 153 Å². The number of amides is 1. The lowest BCUT2D eigenvalue weighted by molar-refractivity contribution is -0.115. The Hall–Kier alpha value is -1.76. The van der Waals surface area contributed by atoms with E-state index in [4.69, 9.17) is 16.3 Å². The summed E-state index contributed by atoms with van der Waals surface area (Å²) in [6, 6.07) is 12.9. The van der Waals surface area contributed by atoms with E-state index in [2.05, 4.69) is 10.3 Å². The number of nitrogens with zero attached hydrogens (tertiary/aromatic N) is 1. The predicted octanol–water partition coefficient (Wildman–Crippen LogP) is 5.08. The number of benzene rings is 2. The Morgan fingerprint density at radius 2 is 2.17 bits per heavy atom. The van der Waals surface area contributed by atoms with Crippen molar-refractivity contribution in [1.82, 2.24) is 4.98 Å². The van der Waals surface area contributed by atoms with Crippen LogP contribution in [-0.4, -0.2) is 23.3 Å². The number of carbonyl (C=O) groups excluding carboxylic acids is 1. The minimum Gasteiger partial charge on any atom is -0.497 e. The average molecular weight is 379 g/mol. The molecule has 1 atom stereocenters. The number of halogens is 1. The van der Waals surface area contributed by atoms with Crippen LogP contribution < -0.4 is 10.1 Å². The minimum absolute atomic E-state index is 0.0782. The van der Waals surface area contributed by atoms with Gasteiger partial charge in [-0.2, -0.15) is 0 Å². The van der Waals surface area contributed by atoms with Gasteiger partial charge in [-0.25, -0.2) is 4.98 Å². The van der Waals surface area contributed by atoms with Crippen LogP contribution in [0.15, 0.2) is 46.8 Å². The third-order valence-electron chi connectivity index (χ3n) is 3.31. The van der Waals surface area contributed by atoms with Gasteiger partial charge in [0, 0.05) is 16.8 Å². The van der Waals surface area contributed by atoms with Gasteiger partial charge in [-0.05, 0) is 37.3 Å². The number of thiazole rings is 1. The lowest BCUT2D eigenvalue weighted by Gasteiger charge is -2.11. The van der Waals surface area contributed by atoms with Crippen LogP contribution in [0.25, 0.3) is 10.2 Å². The third-order valence-corrected chi connectivity index (χ3v) is 5.78. The van der Waals surface area contributed by atoms with Crippen LogP contribution in [0.4, 0.5) is 5.69 Å². The van der Waals surface area contributed by atoms with E-state index in [0.717, 1.165) is 14.6 Å². The highest BCUT2D eigenvalue weighted by Gasteiger charge is 2.17. The molecule has 7 heteroatoms. The number of aromatic nitrogens is 1. The van der Waals surface area contributed by atoms with Gasteiger partial charge < -0.3 is 10.1 Å². The number of anilines is 1. The van der Waals surface area contributed by atoms with E-state index in [0.29, 0.717) is 16.5 Å². The molecular formula is C17H15ClN2O2S2. The molecule has 0 saturated heterocycles. The molecule has 0 unspecified atom stereocenters. The molecule has 0 aliphatic rings. The van der Waals surface area contributed by atoms with Gasteiger partial charge in [-0.1, -0.05) is 29.4 Å². The molecule has 124 valence electrons. The topological polar surface area (TPSA) is 51.2 Å². The van der Waals surface area contributed by atoms with Crippen LogP contribution in [0.1, 0.15) is 6.92 Å². The molecule has 0 aliphatic carbocycles. The van der Waals surface area contributed by atoms with Gasteiger partial charge in [0.25, 0.3) is 0 Å². The van der Waals surface area contributed by atoms with Crippen LogP contribution in [0.5, 0.6) is 5.75 Å². The number of methoxy groups -OCH3 is 1. The van der Waals surface area contributed by atoms with Gasteiger partial charge >= 0.3 is 0 Å². The van der Waals surface area contributed by atoms with Gasteiger partial charge in [0.15, 0.2) is 4.34 Å². The molecule has 1 heterocycles. The number of thioether (sulfide) groups is 1. The highest BCUT2D eigenvalue weighted by molar-refractivity contribution is 8.02. The lowest BCUT2D eigenvalue weighted by Crippen LogP contribution is -2.22. The van der Waals surface area contributed by atoms with Crippen molar-refractivity contribution in [3.63, 3.8) is 0 Å². The predicted molar refractivity (Wildman–Crippen MR) is 102 cm³/mol. The molecule has 0 bridgehead atoms. The Morgan fingerprint density at radius 3 is 2.96 bits per heavy atom. The quantitative estimate of drug-likeness (QED) is 0.629. The summed E-state index contributed by atoms with van der Waals surface area (Å²) in [6.07, 6.45) is 0. The second-order valence-corrected chi connectivity index (χ2v) is 8.13. The summed E-state index contributed by atoms with van der Waals surface area (Å²) in [5.41, 5.74) is 1.57. The molecule has 0 aliphatic heterocycles. The maximum absolute atomic E-state index is 12.4. The van der Waals surface area contributed by atoms with Crippen molar-refractivity contribution in [2.24, 2.45) is 0 Å². The van der Waals surface area contributed by atoms with E-state index in [-0.39, 0.29) is 11.2 Å². The molecular weight excluding hydrogens is 364 g/mol. The van der Waals surface area contributed by atoms with Crippen molar-refractivity contribution in [3.05, 3.63) is 47.5 Å². The van der Waals surface area contributed by atoms with Crippen molar-refractivity contribution in [2.75, 3.05) is 12.4 Å². The fourth-order valence-electron chi connectivity index (χ4n) is 2.08. The van der Waals surface area contributed by atoms with Crippen LogP contribution >= 0.6 is 34.7 Å². The van der Waals surface area contributed by atoms with Crippen molar-refractivity contribution in [1.29, 1.82) is 0 Å². The second kappa shape index (κ2) is 7.42. The molecule has 2 aromatic carbocycles. The van der Waals surface area contributed by atoms with Gasteiger partial charge in [-0.3, -0.25) is 4.79 Å². The minimum atomic E-state index is -0.271. The summed E-state index contributed by atoms with van der Waals surface area (Å²) in [7, 11) is 1.60. The summed E-state index contributed by atoms with van der Waals surface area (Å²) in [5.74, 6) is 0.627. The zero-order chi connectivity index (χ0) is 17.1. The van der Waals surface area contributed by atoms with E-state index in [9.17, 15) is 4.79 Å². The first-order chi connectivity index (χ1) is 11.5. The molecule has 1 N–H and O–H groups in total. The number of nitrogens with one attached hydrogen (secondary N) is 1. The van der Waals surface area contributed by atoms with Crippen molar-refractivity contribution < 1.29 is 9.53 Å². The Bertz CT molecular complexity index is 882. The van der Waals surface area contributed by atoms with Crippen LogP contribution in [-0.2, 0) is 4.79 Å². The zero-order valence-corrected chi connectivity index (χ0v) is 15.5. The van der Waals surface area contributed by atoms with Gasteiger partial charge in [-0.15, -0.1) is 11.3 Å². The normalized spacial score (nSPS) is 12.1. The molecule has 0 saturated carbocycles. The van der Waals surface area contributed by atoms with Crippen LogP contribution in [0.3, 0.4) is 0 Å². The zero-order valence-electron chi connectivity index (χ0n) is 13.1. The monoisotopic (exact) mass is 378 g/mol. The fourth-order valence-corrected chi connectivity index (χ4v) is 4.44. The molecule has 3 rings (SSSR count). The molecule has 0 spiro atoms. The van der Waals surface area contributed by atoms with Crippen molar-refractivity contribution in [2.45, 2.75) is 16.5 Å². The van der Waals surface area contributed by atoms with E-state index < -0.39 is 0 Å². The van der Waals surface area contributed by atoms with E-state index in [1.54, 1.807) is 24.5 Å². The molecule has 3 aromatic rings. The van der Waals surface area contributed by atoms with Crippen LogP contribution in [0, 0.1) is 0 Å². The number of hydrogen-bond donors (Lipinski definition) is 1. The van der Waals surface area contributed by atoms with E-state index in [1.807, 2.05) is 43.3 Å². The Morgan fingerprint density at radius 1 is 1.33 bits per heavy atom. The molecule has 4 nitrogen and oxygen atoms in total. The second-order valence-electron chi connectivity index (χ2n) is 5.07. The maximum atomic E-state index is 12.4. The molecule has 0 radical (unpaired) electrons. The molecule has 1 aromatic heterocycles.